The lowest BCUT2D eigenvalue weighted by molar-refractivity contribution is -0.136. The Kier molecular flexibility index (Phi) is 7.82. The third-order valence-corrected chi connectivity index (χ3v) is 7.33. The van der Waals surface area contributed by atoms with Crippen molar-refractivity contribution >= 4 is 50.9 Å². The van der Waals surface area contributed by atoms with E-state index in [2.05, 4.69) is 27.5 Å². The van der Waals surface area contributed by atoms with Gasteiger partial charge in [-0.05, 0) is 64.3 Å². The third kappa shape index (κ3) is 4.91. The molecule has 0 N–H and O–H groups in total. The number of carbonyl (C=O) groups excluding carboxylic acids is 1. The van der Waals surface area contributed by atoms with Crippen LogP contribution in [0.15, 0.2) is 74.6 Å². The van der Waals surface area contributed by atoms with Gasteiger partial charge in [0.25, 0.3) is 5.56 Å². The fraction of sp³-hybridized carbons (Fsp3) is 0.192. The van der Waals surface area contributed by atoms with Crippen LogP contribution in [0.3, 0.4) is 0 Å². The monoisotopic (exact) mass is 588 g/mol. The van der Waals surface area contributed by atoms with Crippen molar-refractivity contribution in [1.82, 2.24) is 4.57 Å². The summed E-state index contributed by atoms with van der Waals surface area (Å²) < 4.78 is 18.8. The summed E-state index contributed by atoms with van der Waals surface area (Å²) in [7, 11) is 2.85. The molecule has 0 bridgehead atoms. The van der Waals surface area contributed by atoms with Crippen LogP contribution in [0.4, 0.5) is 0 Å². The van der Waals surface area contributed by atoms with Crippen LogP contribution in [-0.4, -0.2) is 31.4 Å². The summed E-state index contributed by atoms with van der Waals surface area (Å²) in [5.41, 5.74) is 1.95. The summed E-state index contributed by atoms with van der Waals surface area (Å²) in [4.78, 5) is 31.5. The minimum Gasteiger partial charge on any atom is -0.493 e. The highest BCUT2D eigenvalue weighted by Crippen LogP contribution is 2.37. The second-order valence-electron chi connectivity index (χ2n) is 7.76. The number of allylic oxidation sites excluding steroid dienone is 1. The normalized spacial score (nSPS) is 15.2. The van der Waals surface area contributed by atoms with Gasteiger partial charge in [-0.15, -0.1) is 0 Å². The van der Waals surface area contributed by atoms with Crippen molar-refractivity contribution in [2.24, 2.45) is 4.99 Å². The number of fused-ring (bicyclic) bond motifs is 1. The van der Waals surface area contributed by atoms with E-state index in [9.17, 15) is 9.59 Å². The molecule has 1 aliphatic heterocycles. The number of halogens is 2. The van der Waals surface area contributed by atoms with Gasteiger partial charge in [0.2, 0.25) is 0 Å². The number of hydrogen-bond acceptors (Lipinski definition) is 7. The van der Waals surface area contributed by atoms with Crippen LogP contribution in [0, 0.1) is 0 Å². The Morgan fingerprint density at radius 1 is 1.28 bits per heavy atom. The van der Waals surface area contributed by atoms with Crippen LogP contribution in [-0.2, 0) is 9.53 Å². The van der Waals surface area contributed by atoms with Crippen LogP contribution in [0.5, 0.6) is 11.5 Å². The maximum absolute atomic E-state index is 13.7. The Balaban J connectivity index is 1.91. The predicted molar refractivity (Wildman–Crippen MR) is 144 cm³/mol. The van der Waals surface area contributed by atoms with Gasteiger partial charge in [0.15, 0.2) is 16.3 Å². The number of aromatic nitrogens is 1. The molecule has 2 aromatic carbocycles. The summed E-state index contributed by atoms with van der Waals surface area (Å²) >= 11 is 10.8. The summed E-state index contributed by atoms with van der Waals surface area (Å²) in [6.45, 7) is 5.72. The predicted octanol–water partition coefficient (Wildman–Crippen LogP) is 4.40. The maximum atomic E-state index is 13.7. The molecule has 3 aromatic rings. The van der Waals surface area contributed by atoms with Gasteiger partial charge in [-0.25, -0.2) is 9.79 Å². The highest BCUT2D eigenvalue weighted by Gasteiger charge is 2.33. The fourth-order valence-electron chi connectivity index (χ4n) is 3.91. The minimum atomic E-state index is -0.705. The maximum Gasteiger partial charge on any atom is 0.338 e. The number of nitrogens with zero attached hydrogens (tertiary/aromatic N) is 2. The Morgan fingerprint density at radius 3 is 2.64 bits per heavy atom. The van der Waals surface area contributed by atoms with Crippen molar-refractivity contribution in [3.63, 3.8) is 0 Å². The van der Waals surface area contributed by atoms with Gasteiger partial charge in [0, 0.05) is 5.02 Å². The molecule has 0 amide bonds. The molecule has 7 nitrogen and oxygen atoms in total. The molecule has 1 aromatic heterocycles. The number of carbonyl (C=O) groups is 1. The molecule has 0 fully saturated rings. The topological polar surface area (TPSA) is 79.1 Å². The molecular formula is C26H22BrClN2O5S. The second-order valence-corrected chi connectivity index (χ2v) is 10.1. The van der Waals surface area contributed by atoms with E-state index >= 15 is 0 Å². The first-order valence-electron chi connectivity index (χ1n) is 10.8. The summed E-state index contributed by atoms with van der Waals surface area (Å²) in [5, 5.41) is 0.548. The molecular weight excluding hydrogens is 568 g/mol. The van der Waals surface area contributed by atoms with Crippen LogP contribution in [0.1, 0.15) is 24.1 Å². The van der Waals surface area contributed by atoms with Gasteiger partial charge in [0.05, 0.1) is 40.5 Å². The first kappa shape index (κ1) is 25.9. The third-order valence-electron chi connectivity index (χ3n) is 5.51. The van der Waals surface area contributed by atoms with Crippen molar-refractivity contribution < 1.29 is 19.0 Å². The van der Waals surface area contributed by atoms with Crippen molar-refractivity contribution in [2.45, 2.75) is 13.0 Å². The standard InChI is InChI=1S/C26H22BrClN2O5S/c1-5-10-35-23-18(27)11-15(12-19(23)33-3)13-20-24(31)30-22(16-6-8-17(28)9-7-16)21(25(32)34-4)14(2)29-26(30)36-20/h5-9,11-13,22H,1,10H2,2-4H3/b20-13-/t22-/m0/s1. The van der Waals surface area contributed by atoms with Gasteiger partial charge >= 0.3 is 5.97 Å². The van der Waals surface area contributed by atoms with Gasteiger partial charge in [-0.1, -0.05) is 47.7 Å². The number of ether oxygens (including phenoxy) is 3. The van der Waals surface area contributed by atoms with Crippen molar-refractivity contribution in [2.75, 3.05) is 20.8 Å². The minimum absolute atomic E-state index is 0.283. The Labute approximate surface area is 224 Å². The highest BCUT2D eigenvalue weighted by molar-refractivity contribution is 9.10. The molecule has 186 valence electrons. The van der Waals surface area contributed by atoms with Gasteiger partial charge in [0.1, 0.15) is 6.61 Å². The number of benzene rings is 2. The van der Waals surface area contributed by atoms with Crippen LogP contribution >= 0.6 is 38.9 Å². The van der Waals surface area contributed by atoms with Gasteiger partial charge < -0.3 is 14.2 Å². The molecule has 1 aliphatic rings. The number of esters is 1. The van der Waals surface area contributed by atoms with E-state index in [4.69, 9.17) is 25.8 Å². The van der Waals surface area contributed by atoms with Crippen LogP contribution in [0.25, 0.3) is 6.08 Å². The van der Waals surface area contributed by atoms with E-state index in [0.29, 0.717) is 48.2 Å². The number of thiazole rings is 1. The average molecular weight is 590 g/mol. The van der Waals surface area contributed by atoms with E-state index in [1.54, 1.807) is 56.5 Å². The van der Waals surface area contributed by atoms with E-state index in [1.807, 2.05) is 6.07 Å². The molecule has 0 aliphatic carbocycles. The van der Waals surface area contributed by atoms with Crippen molar-refractivity contribution in [1.29, 1.82) is 0 Å². The first-order valence-corrected chi connectivity index (χ1v) is 12.7. The zero-order valence-electron chi connectivity index (χ0n) is 19.7. The van der Waals surface area contributed by atoms with E-state index in [0.717, 1.165) is 11.1 Å². The molecule has 0 saturated heterocycles. The van der Waals surface area contributed by atoms with Crippen molar-refractivity contribution in [3.8, 4) is 11.5 Å². The molecule has 2 heterocycles. The van der Waals surface area contributed by atoms with Gasteiger partial charge in [-0.2, -0.15) is 0 Å². The first-order chi connectivity index (χ1) is 17.3. The summed E-state index contributed by atoms with van der Waals surface area (Å²) in [6, 6.07) is 9.92. The Bertz CT molecular complexity index is 1560. The lowest BCUT2D eigenvalue weighted by Gasteiger charge is -2.24. The lowest BCUT2D eigenvalue weighted by atomic mass is 9.96. The largest absolute Gasteiger partial charge is 0.493 e. The van der Waals surface area contributed by atoms with E-state index in [1.165, 1.54) is 23.0 Å². The van der Waals surface area contributed by atoms with Crippen LogP contribution < -0.4 is 24.4 Å². The molecule has 0 unspecified atom stereocenters. The molecule has 0 spiro atoms. The van der Waals surface area contributed by atoms with Gasteiger partial charge in [-0.3, -0.25) is 9.36 Å². The second kappa shape index (κ2) is 10.9. The van der Waals surface area contributed by atoms with E-state index < -0.39 is 12.0 Å². The quantitative estimate of drug-likeness (QED) is 0.302. The Morgan fingerprint density at radius 2 is 2.00 bits per heavy atom. The molecule has 4 rings (SSSR count). The average Bonchev–Trinajstić information content (AvgIpc) is 3.16. The molecule has 1 atom stereocenters. The van der Waals surface area contributed by atoms with E-state index in [-0.39, 0.29) is 5.56 Å². The fourth-order valence-corrected chi connectivity index (χ4v) is 5.66. The van der Waals surface area contributed by atoms with Crippen molar-refractivity contribution in [3.05, 3.63) is 101 Å². The SMILES string of the molecule is C=CCOc1c(Br)cc(/C=c2\sc3n(c2=O)[C@@H](c2ccc(Cl)cc2)C(C(=O)OC)=C(C)N=3)cc1OC. The lowest BCUT2D eigenvalue weighted by Crippen LogP contribution is -2.39. The molecule has 36 heavy (non-hydrogen) atoms. The number of hydrogen-bond donors (Lipinski definition) is 0. The smallest absolute Gasteiger partial charge is 0.338 e. The summed E-state index contributed by atoms with van der Waals surface area (Å²) in [6.07, 6.45) is 3.40. The number of methoxy groups -OCH3 is 2. The highest BCUT2D eigenvalue weighted by atomic mass is 79.9. The zero-order valence-corrected chi connectivity index (χ0v) is 22.9. The number of rotatable bonds is 7. The van der Waals surface area contributed by atoms with Crippen LogP contribution in [0.2, 0.25) is 5.02 Å². The molecule has 0 saturated carbocycles. The summed E-state index contributed by atoms with van der Waals surface area (Å²) in [5.74, 6) is 0.500. The Hall–Kier alpha value is -3.14. The molecule has 10 heteroatoms. The zero-order chi connectivity index (χ0) is 26.0. The molecule has 0 radical (unpaired) electrons.